The number of carbonyl (C=O) groups excluding carboxylic acids is 1. The number of nitro benzene ring substituents is 1. The summed E-state index contributed by atoms with van der Waals surface area (Å²) < 4.78 is 23.5. The van der Waals surface area contributed by atoms with Crippen LogP contribution in [0, 0.1) is 15.9 Å². The highest BCUT2D eigenvalue weighted by Crippen LogP contribution is 2.35. The van der Waals surface area contributed by atoms with Crippen molar-refractivity contribution in [3.8, 4) is 11.5 Å². The Bertz CT molecular complexity index is 808. The second kappa shape index (κ2) is 8.28. The number of rotatable bonds is 7. The van der Waals surface area contributed by atoms with Crippen molar-refractivity contribution in [3.63, 3.8) is 0 Å². The maximum absolute atomic E-state index is 13.0. The van der Waals surface area contributed by atoms with Gasteiger partial charge in [0.15, 0.2) is 11.5 Å². The zero-order chi connectivity index (χ0) is 19.3. The fourth-order valence-electron chi connectivity index (χ4n) is 2.42. The summed E-state index contributed by atoms with van der Waals surface area (Å²) in [5.41, 5.74) is 0.127. The van der Waals surface area contributed by atoms with Gasteiger partial charge in [0.25, 0.3) is 11.6 Å². The van der Waals surface area contributed by atoms with Crippen LogP contribution in [0.4, 0.5) is 10.1 Å². The maximum Gasteiger partial charge on any atom is 0.286 e. The summed E-state index contributed by atoms with van der Waals surface area (Å²) in [6.45, 7) is 3.72. The van der Waals surface area contributed by atoms with Gasteiger partial charge in [-0.15, -0.1) is 0 Å². The molecule has 138 valence electrons. The van der Waals surface area contributed by atoms with Crippen molar-refractivity contribution < 1.29 is 23.6 Å². The average molecular weight is 362 g/mol. The molecule has 2 aromatic rings. The number of hydrogen-bond acceptors (Lipinski definition) is 5. The van der Waals surface area contributed by atoms with Crippen LogP contribution in [-0.2, 0) is 0 Å². The van der Waals surface area contributed by atoms with Gasteiger partial charge >= 0.3 is 0 Å². The fraction of sp³-hybridized carbons (Fsp3) is 0.278. The Hall–Kier alpha value is -3.16. The molecule has 0 bridgehead atoms. The molecule has 2 aromatic carbocycles. The minimum absolute atomic E-state index is 0.149. The van der Waals surface area contributed by atoms with Crippen LogP contribution in [-0.4, -0.2) is 24.5 Å². The van der Waals surface area contributed by atoms with E-state index in [0.717, 1.165) is 0 Å². The smallest absolute Gasteiger partial charge is 0.286 e. The summed E-state index contributed by atoms with van der Waals surface area (Å²) >= 11 is 0. The first-order valence-corrected chi connectivity index (χ1v) is 7.92. The molecule has 26 heavy (non-hydrogen) atoms. The van der Waals surface area contributed by atoms with Crippen LogP contribution in [0.1, 0.15) is 35.8 Å². The molecule has 7 nitrogen and oxygen atoms in total. The molecule has 0 aliphatic heterocycles. The quantitative estimate of drug-likeness (QED) is 0.600. The van der Waals surface area contributed by atoms with E-state index in [4.69, 9.17) is 9.47 Å². The highest BCUT2D eigenvalue weighted by atomic mass is 19.1. The van der Waals surface area contributed by atoms with Crippen LogP contribution in [0.5, 0.6) is 11.5 Å². The number of halogens is 1. The molecular formula is C18H19FN2O5. The van der Waals surface area contributed by atoms with E-state index < -0.39 is 22.6 Å². The van der Waals surface area contributed by atoms with Crippen molar-refractivity contribution in [2.45, 2.75) is 19.9 Å². The first-order chi connectivity index (χ1) is 12.4. The summed E-state index contributed by atoms with van der Waals surface area (Å²) in [7, 11) is 1.38. The number of hydrogen-bond donors (Lipinski definition) is 1. The van der Waals surface area contributed by atoms with Gasteiger partial charge in [0.1, 0.15) is 11.4 Å². The summed E-state index contributed by atoms with van der Waals surface area (Å²) in [6, 6.07) is 7.59. The lowest BCUT2D eigenvalue weighted by Crippen LogP contribution is -2.27. The Morgan fingerprint density at radius 1 is 1.27 bits per heavy atom. The Labute approximate surface area is 149 Å². The van der Waals surface area contributed by atoms with Crippen LogP contribution >= 0.6 is 0 Å². The number of nitro groups is 1. The Kier molecular flexibility index (Phi) is 6.11. The minimum atomic E-state index is -0.653. The topological polar surface area (TPSA) is 90.7 Å². The highest BCUT2D eigenvalue weighted by Gasteiger charge is 2.25. The lowest BCUT2D eigenvalue weighted by Gasteiger charge is -2.16. The van der Waals surface area contributed by atoms with Gasteiger partial charge in [-0.25, -0.2) is 4.39 Å². The van der Waals surface area contributed by atoms with Crippen molar-refractivity contribution in [1.29, 1.82) is 0 Å². The van der Waals surface area contributed by atoms with Crippen molar-refractivity contribution in [2.24, 2.45) is 0 Å². The number of nitrogens with zero attached hydrogens (tertiary/aromatic N) is 1. The predicted octanol–water partition coefficient (Wildman–Crippen LogP) is 3.63. The normalized spacial score (nSPS) is 11.5. The van der Waals surface area contributed by atoms with Gasteiger partial charge in [-0.05, 0) is 31.5 Å². The molecule has 0 radical (unpaired) electrons. The Morgan fingerprint density at radius 3 is 2.46 bits per heavy atom. The first-order valence-electron chi connectivity index (χ1n) is 7.92. The lowest BCUT2D eigenvalue weighted by molar-refractivity contribution is -0.385. The summed E-state index contributed by atoms with van der Waals surface area (Å²) in [6.07, 6.45) is 0. The van der Waals surface area contributed by atoms with E-state index in [1.807, 2.05) is 0 Å². The Morgan fingerprint density at radius 2 is 1.92 bits per heavy atom. The van der Waals surface area contributed by atoms with Crippen molar-refractivity contribution in [2.75, 3.05) is 13.7 Å². The van der Waals surface area contributed by atoms with E-state index in [2.05, 4.69) is 5.32 Å². The van der Waals surface area contributed by atoms with Crippen molar-refractivity contribution in [1.82, 2.24) is 5.32 Å². The summed E-state index contributed by atoms with van der Waals surface area (Å²) in [5, 5.41) is 14.0. The number of carbonyl (C=O) groups is 1. The van der Waals surface area contributed by atoms with Crippen LogP contribution in [0.2, 0.25) is 0 Å². The third-order valence-corrected chi connectivity index (χ3v) is 3.74. The fourth-order valence-corrected chi connectivity index (χ4v) is 2.42. The average Bonchev–Trinajstić information content (AvgIpc) is 2.61. The van der Waals surface area contributed by atoms with Gasteiger partial charge in [-0.2, -0.15) is 0 Å². The van der Waals surface area contributed by atoms with Gasteiger partial charge in [-0.3, -0.25) is 14.9 Å². The molecule has 0 heterocycles. The van der Waals surface area contributed by atoms with Crippen LogP contribution in [0.25, 0.3) is 0 Å². The van der Waals surface area contributed by atoms with Crippen LogP contribution in [0.3, 0.4) is 0 Å². The molecule has 0 saturated heterocycles. The molecule has 0 aliphatic carbocycles. The Balaban J connectivity index is 2.34. The van der Waals surface area contributed by atoms with E-state index in [9.17, 15) is 19.3 Å². The lowest BCUT2D eigenvalue weighted by atomic mass is 10.1. The third kappa shape index (κ3) is 4.27. The molecule has 0 fully saturated rings. The number of nitrogens with one attached hydrogen (secondary N) is 1. The van der Waals surface area contributed by atoms with Crippen molar-refractivity contribution in [3.05, 3.63) is 63.5 Å². The molecular weight excluding hydrogens is 343 g/mol. The van der Waals surface area contributed by atoms with Crippen LogP contribution in [0.15, 0.2) is 36.4 Å². The van der Waals surface area contributed by atoms with Gasteiger partial charge in [0.05, 0.1) is 30.7 Å². The maximum atomic E-state index is 13.0. The van der Waals surface area contributed by atoms with Gasteiger partial charge < -0.3 is 14.8 Å². The predicted molar refractivity (Wildman–Crippen MR) is 93.1 cm³/mol. The number of ether oxygens (including phenoxy) is 2. The third-order valence-electron chi connectivity index (χ3n) is 3.74. The molecule has 1 unspecified atom stereocenters. The molecule has 0 spiro atoms. The van der Waals surface area contributed by atoms with E-state index in [1.54, 1.807) is 13.8 Å². The van der Waals surface area contributed by atoms with Crippen molar-refractivity contribution >= 4 is 11.6 Å². The molecule has 0 aromatic heterocycles. The zero-order valence-corrected chi connectivity index (χ0v) is 14.6. The molecule has 1 amide bonds. The standard InChI is InChI=1S/C18H19FN2O5/c1-4-26-17-10-15(21(23)24)14(9-16(17)25-3)18(22)20-11(2)12-5-7-13(19)8-6-12/h5-11H,4H2,1-3H3,(H,20,22). The van der Waals surface area contributed by atoms with Gasteiger partial charge in [-0.1, -0.05) is 12.1 Å². The molecule has 1 atom stereocenters. The molecule has 8 heteroatoms. The van der Waals surface area contributed by atoms with E-state index in [0.29, 0.717) is 12.2 Å². The molecule has 0 aliphatic rings. The SMILES string of the molecule is CCOc1cc([N+](=O)[O-])c(C(=O)NC(C)c2ccc(F)cc2)cc1OC. The summed E-state index contributed by atoms with van der Waals surface area (Å²) in [5.74, 6) is -0.629. The number of amides is 1. The van der Waals surface area contributed by atoms with Gasteiger partial charge in [0.2, 0.25) is 0 Å². The second-order valence-electron chi connectivity index (χ2n) is 5.46. The number of benzene rings is 2. The highest BCUT2D eigenvalue weighted by molar-refractivity contribution is 5.99. The number of methoxy groups -OCH3 is 1. The van der Waals surface area contributed by atoms with E-state index in [1.165, 1.54) is 43.5 Å². The van der Waals surface area contributed by atoms with E-state index in [-0.39, 0.29) is 22.9 Å². The zero-order valence-electron chi connectivity index (χ0n) is 14.6. The monoisotopic (exact) mass is 362 g/mol. The van der Waals surface area contributed by atoms with Gasteiger partial charge in [0, 0.05) is 6.07 Å². The molecule has 1 N–H and O–H groups in total. The minimum Gasteiger partial charge on any atom is -0.493 e. The second-order valence-corrected chi connectivity index (χ2v) is 5.46. The molecule has 2 rings (SSSR count). The van der Waals surface area contributed by atoms with Crippen LogP contribution < -0.4 is 14.8 Å². The van der Waals surface area contributed by atoms with E-state index >= 15 is 0 Å². The first kappa shape index (κ1) is 19.2. The summed E-state index contributed by atoms with van der Waals surface area (Å²) in [4.78, 5) is 23.3. The molecule has 0 saturated carbocycles. The largest absolute Gasteiger partial charge is 0.493 e.